The van der Waals surface area contributed by atoms with E-state index in [1.807, 2.05) is 23.1 Å². The van der Waals surface area contributed by atoms with E-state index >= 15 is 0 Å². The zero-order chi connectivity index (χ0) is 26.5. The predicted octanol–water partition coefficient (Wildman–Crippen LogP) is 1.81. The van der Waals surface area contributed by atoms with E-state index in [9.17, 15) is 4.79 Å². The normalized spacial score (nSPS) is 16.5. The van der Waals surface area contributed by atoms with E-state index < -0.39 is 12.1 Å². The molecule has 37 heavy (non-hydrogen) atoms. The van der Waals surface area contributed by atoms with Gasteiger partial charge in [0.05, 0.1) is 19.7 Å². The summed E-state index contributed by atoms with van der Waals surface area (Å²) < 4.78 is 22.3. The van der Waals surface area contributed by atoms with Gasteiger partial charge in [-0.2, -0.15) is 4.98 Å². The number of anilines is 2. The van der Waals surface area contributed by atoms with Gasteiger partial charge in [0.1, 0.15) is 12.4 Å². The van der Waals surface area contributed by atoms with Crippen LogP contribution in [-0.4, -0.2) is 85.0 Å². The Labute approximate surface area is 213 Å². The van der Waals surface area contributed by atoms with Gasteiger partial charge in [-0.3, -0.25) is 9.59 Å². The highest BCUT2D eigenvalue weighted by molar-refractivity contribution is 5.91. The molecular formula is C25H29N5O7. The lowest BCUT2D eigenvalue weighted by Crippen LogP contribution is -2.54. The van der Waals surface area contributed by atoms with Crippen LogP contribution >= 0.6 is 0 Å². The number of aliphatic carboxylic acids is 1. The van der Waals surface area contributed by atoms with Gasteiger partial charge in [-0.25, -0.2) is 4.98 Å². The third kappa shape index (κ3) is 5.68. The fourth-order valence-corrected chi connectivity index (χ4v) is 4.08. The number of fused-ring (bicyclic) bond motifs is 2. The summed E-state index contributed by atoms with van der Waals surface area (Å²) in [6.07, 6.45) is -0.651. The number of ether oxygens (including phenoxy) is 4. The first kappa shape index (κ1) is 25.6. The highest BCUT2D eigenvalue weighted by Gasteiger charge is 2.33. The second-order valence-corrected chi connectivity index (χ2v) is 8.33. The molecule has 12 heteroatoms. The highest BCUT2D eigenvalue weighted by atomic mass is 16.6. The Morgan fingerprint density at radius 2 is 1.65 bits per heavy atom. The number of hydrogen-bond donors (Lipinski definition) is 2. The summed E-state index contributed by atoms with van der Waals surface area (Å²) >= 11 is 0. The Morgan fingerprint density at radius 3 is 2.30 bits per heavy atom. The van der Waals surface area contributed by atoms with Gasteiger partial charge in [0.2, 0.25) is 12.1 Å². The highest BCUT2D eigenvalue weighted by Crippen LogP contribution is 2.34. The number of amides is 1. The Balaban J connectivity index is 0.000000747. The largest absolute Gasteiger partial charge is 0.493 e. The molecule has 1 fully saturated rings. The van der Waals surface area contributed by atoms with E-state index in [1.165, 1.54) is 0 Å². The standard InChI is InChI=1S/C23H25N5O5.C2H4O2/c1-30-18-11-14-15(12-19(18)31-2)25-23(26-21(14)24)28-9-7-27(8-10-28)22(29)20-13-32-16-5-3-4-6-17(16)33-20;1-2(3)4/h3-6,11-12,20H,7-10,13H2,1-2H3,(H2,24,25,26);1H3,(H,3,4). The monoisotopic (exact) mass is 511 g/mol. The van der Waals surface area contributed by atoms with Crippen molar-refractivity contribution in [1.29, 1.82) is 0 Å². The van der Waals surface area contributed by atoms with E-state index in [2.05, 4.69) is 9.97 Å². The summed E-state index contributed by atoms with van der Waals surface area (Å²) in [6.45, 7) is 3.48. The topological polar surface area (TPSA) is 150 Å². The van der Waals surface area contributed by atoms with Crippen LogP contribution in [0.4, 0.5) is 11.8 Å². The van der Waals surface area contributed by atoms with Crippen LogP contribution in [0.15, 0.2) is 36.4 Å². The number of carbonyl (C=O) groups is 2. The van der Waals surface area contributed by atoms with Crippen molar-refractivity contribution in [1.82, 2.24) is 14.9 Å². The average Bonchev–Trinajstić information content (AvgIpc) is 2.91. The van der Waals surface area contributed by atoms with E-state index in [1.54, 1.807) is 37.3 Å². The summed E-state index contributed by atoms with van der Waals surface area (Å²) in [5, 5.41) is 8.11. The lowest BCUT2D eigenvalue weighted by molar-refractivity contribution is -0.141. The maximum Gasteiger partial charge on any atom is 0.300 e. The lowest BCUT2D eigenvalue weighted by atomic mass is 10.2. The van der Waals surface area contributed by atoms with Gasteiger partial charge in [0.25, 0.3) is 11.9 Å². The molecule has 2 aromatic carbocycles. The van der Waals surface area contributed by atoms with Crippen LogP contribution in [0.25, 0.3) is 10.9 Å². The van der Waals surface area contributed by atoms with Crippen molar-refractivity contribution in [2.45, 2.75) is 13.0 Å². The molecule has 1 saturated heterocycles. The van der Waals surface area contributed by atoms with Crippen molar-refractivity contribution in [3.63, 3.8) is 0 Å². The molecule has 1 atom stereocenters. The van der Waals surface area contributed by atoms with E-state index in [0.717, 1.165) is 6.92 Å². The fourth-order valence-electron chi connectivity index (χ4n) is 4.08. The molecule has 3 N–H and O–H groups in total. The smallest absolute Gasteiger partial charge is 0.300 e. The third-order valence-electron chi connectivity index (χ3n) is 5.88. The number of carboxylic acids is 1. The number of methoxy groups -OCH3 is 2. The third-order valence-corrected chi connectivity index (χ3v) is 5.88. The number of hydrogen-bond acceptors (Lipinski definition) is 10. The molecule has 1 amide bonds. The molecule has 0 bridgehead atoms. The van der Waals surface area contributed by atoms with Crippen molar-refractivity contribution in [2.75, 3.05) is 57.6 Å². The van der Waals surface area contributed by atoms with Gasteiger partial charge in [-0.15, -0.1) is 0 Å². The number of carboxylic acid groups (broad SMARTS) is 1. The first-order valence-electron chi connectivity index (χ1n) is 11.6. The Bertz CT molecular complexity index is 1290. The number of nitrogens with two attached hydrogens (primary N) is 1. The minimum atomic E-state index is -0.833. The first-order valence-corrected chi connectivity index (χ1v) is 11.6. The molecule has 3 heterocycles. The van der Waals surface area contributed by atoms with Gasteiger partial charge in [-0.1, -0.05) is 12.1 Å². The molecule has 0 radical (unpaired) electrons. The second kappa shape index (κ2) is 11.1. The minimum Gasteiger partial charge on any atom is -0.493 e. The van der Waals surface area contributed by atoms with Crippen molar-refractivity contribution in [3.05, 3.63) is 36.4 Å². The molecule has 0 saturated carbocycles. The maximum absolute atomic E-state index is 13.0. The summed E-state index contributed by atoms with van der Waals surface area (Å²) in [4.78, 5) is 35.0. The maximum atomic E-state index is 13.0. The minimum absolute atomic E-state index is 0.0834. The lowest BCUT2D eigenvalue weighted by Gasteiger charge is -2.37. The number of rotatable bonds is 4. The Kier molecular flexibility index (Phi) is 7.66. The van der Waals surface area contributed by atoms with Crippen LogP contribution < -0.4 is 29.6 Å². The van der Waals surface area contributed by atoms with Crippen molar-refractivity contribution in [2.24, 2.45) is 0 Å². The number of nitrogen functional groups attached to an aromatic ring is 1. The molecule has 0 spiro atoms. The van der Waals surface area contributed by atoms with Gasteiger partial charge in [0.15, 0.2) is 23.0 Å². The summed E-state index contributed by atoms with van der Waals surface area (Å²) in [6, 6.07) is 10.9. The first-order chi connectivity index (χ1) is 17.8. The molecule has 0 aliphatic carbocycles. The van der Waals surface area contributed by atoms with Crippen molar-refractivity contribution < 1.29 is 33.6 Å². The molecule has 196 valence electrons. The average molecular weight is 512 g/mol. The van der Waals surface area contributed by atoms with Crippen LogP contribution in [0.1, 0.15) is 6.92 Å². The number of carbonyl (C=O) groups excluding carboxylic acids is 1. The van der Waals surface area contributed by atoms with Crippen LogP contribution in [0.5, 0.6) is 23.0 Å². The molecule has 1 aromatic heterocycles. The van der Waals surface area contributed by atoms with Crippen molar-refractivity contribution >= 4 is 34.5 Å². The quantitative estimate of drug-likeness (QED) is 0.528. The summed E-state index contributed by atoms with van der Waals surface area (Å²) in [7, 11) is 3.14. The molecular weight excluding hydrogens is 482 g/mol. The molecule has 2 aliphatic heterocycles. The second-order valence-electron chi connectivity index (χ2n) is 8.33. The molecule has 3 aromatic rings. The fraction of sp³-hybridized carbons (Fsp3) is 0.360. The van der Waals surface area contributed by atoms with Gasteiger partial charge in [-0.05, 0) is 18.2 Å². The number of aromatic nitrogens is 2. The summed E-state index contributed by atoms with van der Waals surface area (Å²) in [5.41, 5.74) is 6.89. The Morgan fingerprint density at radius 1 is 1.03 bits per heavy atom. The predicted molar refractivity (Wildman–Crippen MR) is 136 cm³/mol. The number of nitrogens with zero attached hydrogens (tertiary/aromatic N) is 4. The van der Waals surface area contributed by atoms with E-state index in [-0.39, 0.29) is 12.5 Å². The molecule has 5 rings (SSSR count). The SMILES string of the molecule is CC(=O)O.COc1cc2nc(N3CCN(C(=O)C4COc5ccccc5O4)CC3)nc(N)c2cc1OC. The molecule has 1 unspecified atom stereocenters. The van der Waals surface area contributed by atoms with Crippen LogP contribution in [0, 0.1) is 0 Å². The molecule has 12 nitrogen and oxygen atoms in total. The zero-order valence-corrected chi connectivity index (χ0v) is 20.8. The zero-order valence-electron chi connectivity index (χ0n) is 20.8. The van der Waals surface area contributed by atoms with Crippen molar-refractivity contribution in [3.8, 4) is 23.0 Å². The molecule has 2 aliphatic rings. The van der Waals surface area contributed by atoms with Crippen LogP contribution in [-0.2, 0) is 9.59 Å². The van der Waals surface area contributed by atoms with Gasteiger partial charge < -0.3 is 39.6 Å². The van der Waals surface area contributed by atoms with Crippen LogP contribution in [0.2, 0.25) is 0 Å². The van der Waals surface area contributed by atoms with Gasteiger partial charge in [0, 0.05) is 44.6 Å². The Hall–Kier alpha value is -4.48. The van der Waals surface area contributed by atoms with E-state index in [0.29, 0.717) is 71.8 Å². The van der Waals surface area contributed by atoms with Crippen LogP contribution in [0.3, 0.4) is 0 Å². The van der Waals surface area contributed by atoms with E-state index in [4.69, 9.17) is 34.6 Å². The number of piperazine rings is 1. The van der Waals surface area contributed by atoms with Gasteiger partial charge >= 0.3 is 0 Å². The number of benzene rings is 2. The number of para-hydroxylation sites is 2. The summed E-state index contributed by atoms with van der Waals surface area (Å²) in [5.74, 6) is 2.35.